The van der Waals surface area contributed by atoms with E-state index in [1.54, 1.807) is 6.20 Å². The van der Waals surface area contributed by atoms with Gasteiger partial charge in [0.15, 0.2) is 6.17 Å². The summed E-state index contributed by atoms with van der Waals surface area (Å²) in [6, 6.07) is 10.3. The molecule has 0 saturated heterocycles. The summed E-state index contributed by atoms with van der Waals surface area (Å²) >= 11 is 0. The molecule has 2 rings (SSSR count). The van der Waals surface area contributed by atoms with E-state index >= 15 is 0 Å². The Morgan fingerprint density at radius 3 is 2.80 bits per heavy atom. The third kappa shape index (κ3) is 3.47. The first-order valence-electron chi connectivity index (χ1n) is 6.70. The van der Waals surface area contributed by atoms with Gasteiger partial charge in [0, 0.05) is 22.9 Å². The van der Waals surface area contributed by atoms with Gasteiger partial charge in [0.25, 0.3) is 0 Å². The van der Waals surface area contributed by atoms with Gasteiger partial charge >= 0.3 is 0 Å². The van der Waals surface area contributed by atoms with E-state index < -0.39 is 0 Å². The van der Waals surface area contributed by atoms with E-state index in [1.807, 2.05) is 33.3 Å². The summed E-state index contributed by atoms with van der Waals surface area (Å²) in [5.41, 5.74) is 10.9. The van der Waals surface area contributed by atoms with E-state index in [0.29, 0.717) is 4.48 Å². The third-order valence-corrected chi connectivity index (χ3v) is 3.44. The molecular weight excluding hydrogens is 250 g/mol. The average molecular weight is 270 g/mol. The number of rotatable bonds is 5. The fraction of sp³-hybridized carbons (Fsp3) is 0.400. The van der Waals surface area contributed by atoms with E-state index in [4.69, 9.17) is 5.53 Å². The normalized spacial score (nSPS) is 12.9. The Kier molecular flexibility index (Phi) is 4.23. The Morgan fingerprint density at radius 1 is 1.30 bits per heavy atom. The van der Waals surface area contributed by atoms with Crippen LogP contribution in [0.2, 0.25) is 0 Å². The molecule has 20 heavy (non-hydrogen) atoms. The van der Waals surface area contributed by atoms with Crippen molar-refractivity contribution in [3.8, 4) is 0 Å². The van der Waals surface area contributed by atoms with Gasteiger partial charge in [-0.1, -0.05) is 12.1 Å². The molecule has 0 aliphatic carbocycles. The Labute approximate surface area is 119 Å². The molecule has 5 heteroatoms. The molecule has 0 aliphatic rings. The summed E-state index contributed by atoms with van der Waals surface area (Å²) in [6.45, 7) is 0. The molecule has 1 atom stereocenters. The molecule has 1 aromatic heterocycles. The number of fused-ring (bicyclic) bond motifs is 1. The highest BCUT2D eigenvalue weighted by molar-refractivity contribution is 5.78. The van der Waals surface area contributed by atoms with Gasteiger partial charge in [-0.15, -0.1) is 0 Å². The molecule has 2 aromatic rings. The second kappa shape index (κ2) is 5.90. The topological polar surface area (TPSA) is 61.7 Å². The molecule has 0 radical (unpaired) electrons. The third-order valence-electron chi connectivity index (χ3n) is 3.44. The van der Waals surface area contributed by atoms with Gasteiger partial charge < -0.3 is 4.48 Å². The van der Waals surface area contributed by atoms with E-state index in [-0.39, 0.29) is 6.17 Å². The van der Waals surface area contributed by atoms with Crippen LogP contribution in [0.25, 0.3) is 21.3 Å². The quantitative estimate of drug-likeness (QED) is 0.355. The smallest absolute Gasteiger partial charge is 0.169 e. The Morgan fingerprint density at radius 2 is 2.10 bits per heavy atom. The summed E-state index contributed by atoms with van der Waals surface area (Å²) in [5, 5.41) is 5.06. The Bertz CT molecular complexity index is 638. The fourth-order valence-corrected chi connectivity index (χ4v) is 2.24. The van der Waals surface area contributed by atoms with Crippen LogP contribution in [0.15, 0.2) is 41.6 Å². The van der Waals surface area contributed by atoms with Crippen molar-refractivity contribution in [2.24, 2.45) is 5.11 Å². The molecule has 0 unspecified atom stereocenters. The molecule has 0 saturated carbocycles. The van der Waals surface area contributed by atoms with Crippen molar-refractivity contribution in [1.29, 1.82) is 0 Å². The standard InChI is InChI=1S/C15H20N5/c1-20(2,3)15(18-19-16)9-7-12-6-8-14-13(11-12)5-4-10-17-14/h4-6,8,10-11,15H,7,9H2,1-3H3/q+1/t15-/m0/s1. The van der Waals surface area contributed by atoms with Crippen LogP contribution >= 0.6 is 0 Å². The van der Waals surface area contributed by atoms with E-state index in [1.165, 1.54) is 5.56 Å². The minimum Gasteiger partial charge on any atom is -0.324 e. The number of nitrogens with zero attached hydrogens (tertiary/aromatic N) is 5. The molecule has 104 valence electrons. The van der Waals surface area contributed by atoms with Crippen LogP contribution in [0.3, 0.4) is 0 Å². The van der Waals surface area contributed by atoms with Gasteiger partial charge in [-0.05, 0) is 40.8 Å². The summed E-state index contributed by atoms with van der Waals surface area (Å²) in [4.78, 5) is 7.28. The molecule has 0 fully saturated rings. The first kappa shape index (κ1) is 14.3. The minimum absolute atomic E-state index is 0.0513. The Balaban J connectivity index is 2.13. The molecule has 1 aromatic carbocycles. The average Bonchev–Trinajstić information content (AvgIpc) is 2.42. The zero-order chi connectivity index (χ0) is 14.6. The first-order valence-corrected chi connectivity index (χ1v) is 6.70. The van der Waals surface area contributed by atoms with Crippen LogP contribution in [-0.4, -0.2) is 36.8 Å². The van der Waals surface area contributed by atoms with Gasteiger partial charge in [-0.3, -0.25) is 4.98 Å². The summed E-state index contributed by atoms with van der Waals surface area (Å²) < 4.78 is 0.638. The maximum Gasteiger partial charge on any atom is 0.169 e. The van der Waals surface area contributed by atoms with Crippen LogP contribution in [0.4, 0.5) is 0 Å². The van der Waals surface area contributed by atoms with Crippen molar-refractivity contribution in [2.75, 3.05) is 21.1 Å². The number of azide groups is 1. The van der Waals surface area contributed by atoms with Crippen molar-refractivity contribution >= 4 is 10.9 Å². The lowest BCUT2D eigenvalue weighted by Crippen LogP contribution is -2.43. The van der Waals surface area contributed by atoms with Crippen LogP contribution in [0.5, 0.6) is 0 Å². The van der Waals surface area contributed by atoms with Crippen molar-refractivity contribution in [3.63, 3.8) is 0 Å². The second-order valence-corrected chi connectivity index (χ2v) is 5.87. The van der Waals surface area contributed by atoms with Crippen molar-refractivity contribution in [3.05, 3.63) is 52.5 Å². The highest BCUT2D eigenvalue weighted by atomic mass is 15.4. The number of hydrogen-bond acceptors (Lipinski definition) is 2. The number of pyridine rings is 1. The van der Waals surface area contributed by atoms with Crippen LogP contribution in [0.1, 0.15) is 12.0 Å². The predicted molar refractivity (Wildman–Crippen MR) is 81.0 cm³/mol. The molecular formula is C15H20N5+. The van der Waals surface area contributed by atoms with E-state index in [0.717, 1.165) is 23.7 Å². The van der Waals surface area contributed by atoms with Gasteiger partial charge in [0.1, 0.15) is 0 Å². The number of benzene rings is 1. The molecule has 5 nitrogen and oxygen atoms in total. The second-order valence-electron chi connectivity index (χ2n) is 5.87. The Hall–Kier alpha value is -2.10. The minimum atomic E-state index is -0.0513. The largest absolute Gasteiger partial charge is 0.324 e. The van der Waals surface area contributed by atoms with Crippen molar-refractivity contribution in [2.45, 2.75) is 19.0 Å². The maximum absolute atomic E-state index is 8.68. The van der Waals surface area contributed by atoms with Crippen molar-refractivity contribution in [1.82, 2.24) is 4.98 Å². The van der Waals surface area contributed by atoms with Gasteiger partial charge in [-0.2, -0.15) is 0 Å². The molecule has 0 N–H and O–H groups in total. The monoisotopic (exact) mass is 270 g/mol. The zero-order valence-electron chi connectivity index (χ0n) is 12.2. The number of hydrogen-bond donors (Lipinski definition) is 0. The SMILES string of the molecule is C[N+](C)(C)[C@@H](CCc1ccc2ncccc2c1)N=[N+]=[N-]. The van der Waals surface area contributed by atoms with Gasteiger partial charge in [0.05, 0.1) is 26.7 Å². The number of quaternary nitrogens is 1. The summed E-state index contributed by atoms with van der Waals surface area (Å²) in [5.74, 6) is 0. The zero-order valence-corrected chi connectivity index (χ0v) is 12.2. The lowest BCUT2D eigenvalue weighted by atomic mass is 10.1. The van der Waals surface area contributed by atoms with Gasteiger partial charge in [-0.25, -0.2) is 0 Å². The summed E-state index contributed by atoms with van der Waals surface area (Å²) in [6.07, 6.45) is 3.48. The number of aryl methyl sites for hydroxylation is 1. The highest BCUT2D eigenvalue weighted by Crippen LogP contribution is 2.17. The molecule has 0 amide bonds. The van der Waals surface area contributed by atoms with E-state index in [9.17, 15) is 0 Å². The lowest BCUT2D eigenvalue weighted by Gasteiger charge is -2.30. The van der Waals surface area contributed by atoms with Crippen LogP contribution < -0.4 is 0 Å². The van der Waals surface area contributed by atoms with E-state index in [2.05, 4.69) is 33.2 Å². The summed E-state index contributed by atoms with van der Waals surface area (Å²) in [7, 11) is 6.14. The first-order chi connectivity index (χ1) is 9.50. The van der Waals surface area contributed by atoms with Gasteiger partial charge in [0.2, 0.25) is 0 Å². The molecule has 0 aliphatic heterocycles. The number of aromatic nitrogens is 1. The molecule has 1 heterocycles. The molecule has 0 spiro atoms. The van der Waals surface area contributed by atoms with Crippen LogP contribution in [-0.2, 0) is 6.42 Å². The molecule has 0 bridgehead atoms. The predicted octanol–water partition coefficient (Wildman–Crippen LogP) is 3.51. The maximum atomic E-state index is 8.68. The fourth-order valence-electron chi connectivity index (χ4n) is 2.24. The van der Waals surface area contributed by atoms with Crippen LogP contribution in [0, 0.1) is 0 Å². The highest BCUT2D eigenvalue weighted by Gasteiger charge is 2.21. The van der Waals surface area contributed by atoms with Crippen molar-refractivity contribution < 1.29 is 4.48 Å². The lowest BCUT2D eigenvalue weighted by molar-refractivity contribution is -0.895.